The highest BCUT2D eigenvalue weighted by atomic mass is 32.2. The average Bonchev–Trinajstić information content (AvgIpc) is 2.88. The van der Waals surface area contributed by atoms with E-state index in [-0.39, 0.29) is 29.6 Å². The molecule has 6 nitrogen and oxygen atoms in total. The highest BCUT2D eigenvalue weighted by Crippen LogP contribution is 2.27. The van der Waals surface area contributed by atoms with Crippen LogP contribution in [0.5, 0.6) is 0 Å². The van der Waals surface area contributed by atoms with Gasteiger partial charge in [0.15, 0.2) is 0 Å². The van der Waals surface area contributed by atoms with Crippen molar-refractivity contribution in [2.24, 2.45) is 0 Å². The zero-order chi connectivity index (χ0) is 15.2. The van der Waals surface area contributed by atoms with Gasteiger partial charge in [-0.3, -0.25) is 0 Å². The predicted molar refractivity (Wildman–Crippen MR) is 80.6 cm³/mol. The van der Waals surface area contributed by atoms with E-state index in [1.807, 2.05) is 0 Å². The molecule has 8 heteroatoms. The molecule has 0 radical (unpaired) electrons. The van der Waals surface area contributed by atoms with Crippen molar-refractivity contribution in [3.63, 3.8) is 0 Å². The standard InChI is InChI=1S/C13H18O6S2/c1-20-12(14)18-8-3-4-9(19-13(15)21-2)6-11-10(5-8)16-7-17-11/h3-4,8-11H,5-7H2,1-2H3/b4-3+. The molecule has 1 saturated heterocycles. The fraction of sp³-hybridized carbons (Fsp3) is 0.692. The van der Waals surface area contributed by atoms with Gasteiger partial charge in [-0.05, 0) is 48.2 Å². The molecule has 2 rings (SSSR count). The van der Waals surface area contributed by atoms with E-state index in [0.717, 1.165) is 23.5 Å². The van der Waals surface area contributed by atoms with Crippen molar-refractivity contribution in [1.29, 1.82) is 0 Å². The highest BCUT2D eigenvalue weighted by Gasteiger charge is 2.36. The molecule has 2 aliphatic rings. The second-order valence-electron chi connectivity index (χ2n) is 4.61. The van der Waals surface area contributed by atoms with Gasteiger partial charge in [-0.25, -0.2) is 9.59 Å². The minimum absolute atomic E-state index is 0.162. The van der Waals surface area contributed by atoms with Crippen LogP contribution in [-0.4, -0.2) is 54.3 Å². The summed E-state index contributed by atoms with van der Waals surface area (Å²) in [5.74, 6) is 0. The minimum Gasteiger partial charge on any atom is -0.450 e. The fourth-order valence-corrected chi connectivity index (χ4v) is 2.69. The largest absolute Gasteiger partial charge is 0.450 e. The smallest absolute Gasteiger partial charge is 0.367 e. The number of hydrogen-bond donors (Lipinski definition) is 0. The summed E-state index contributed by atoms with van der Waals surface area (Å²) in [6, 6.07) is 0. The minimum atomic E-state index is -0.407. The molecule has 1 heterocycles. The zero-order valence-electron chi connectivity index (χ0n) is 11.9. The lowest BCUT2D eigenvalue weighted by atomic mass is 9.97. The predicted octanol–water partition coefficient (Wildman–Crippen LogP) is 2.81. The molecule has 0 amide bonds. The lowest BCUT2D eigenvalue weighted by Crippen LogP contribution is -2.34. The summed E-state index contributed by atoms with van der Waals surface area (Å²) in [5.41, 5.74) is 0. The van der Waals surface area contributed by atoms with Crippen LogP contribution in [0.15, 0.2) is 12.2 Å². The highest BCUT2D eigenvalue weighted by molar-refractivity contribution is 8.12. The molecular formula is C13H18O6S2. The first-order valence-electron chi connectivity index (χ1n) is 6.53. The second kappa shape index (κ2) is 8.07. The molecule has 118 valence electrons. The van der Waals surface area contributed by atoms with Crippen LogP contribution in [0.1, 0.15) is 12.8 Å². The Labute approximate surface area is 131 Å². The Morgan fingerprint density at radius 2 is 1.38 bits per heavy atom. The first kappa shape index (κ1) is 16.7. The van der Waals surface area contributed by atoms with Gasteiger partial charge in [-0.1, -0.05) is 0 Å². The molecule has 0 aromatic carbocycles. The van der Waals surface area contributed by atoms with Gasteiger partial charge in [0.05, 0.1) is 12.2 Å². The summed E-state index contributed by atoms with van der Waals surface area (Å²) in [7, 11) is 0. The number of rotatable bonds is 2. The zero-order valence-corrected chi connectivity index (χ0v) is 13.5. The SMILES string of the molecule is CSC(=O)OC1/C=C/C(OC(=O)SC)CC2OCOC2C1. The van der Waals surface area contributed by atoms with Crippen molar-refractivity contribution in [3.8, 4) is 0 Å². The molecule has 4 atom stereocenters. The van der Waals surface area contributed by atoms with Gasteiger partial charge in [0.25, 0.3) is 0 Å². The summed E-state index contributed by atoms with van der Waals surface area (Å²) >= 11 is 2.03. The number of carbonyl (C=O) groups excluding carboxylic acids is 2. The number of hydrogen-bond acceptors (Lipinski definition) is 8. The molecule has 0 spiro atoms. The molecule has 4 unspecified atom stereocenters. The lowest BCUT2D eigenvalue weighted by Gasteiger charge is -2.26. The number of fused-ring (bicyclic) bond motifs is 1. The van der Waals surface area contributed by atoms with Crippen LogP contribution >= 0.6 is 23.5 Å². The summed E-state index contributed by atoms with van der Waals surface area (Å²) in [6.45, 7) is 0.210. The third kappa shape index (κ3) is 4.91. The summed E-state index contributed by atoms with van der Waals surface area (Å²) in [5, 5.41) is -0.698. The molecule has 0 bridgehead atoms. The maximum absolute atomic E-state index is 11.4. The van der Waals surface area contributed by atoms with Crippen LogP contribution in [-0.2, 0) is 18.9 Å². The van der Waals surface area contributed by atoms with Crippen LogP contribution < -0.4 is 0 Å². The Kier molecular flexibility index (Phi) is 6.40. The van der Waals surface area contributed by atoms with Crippen LogP contribution in [0.4, 0.5) is 9.59 Å². The van der Waals surface area contributed by atoms with Crippen LogP contribution in [0.3, 0.4) is 0 Å². The van der Waals surface area contributed by atoms with Crippen molar-refractivity contribution >= 4 is 34.1 Å². The number of thioether (sulfide) groups is 2. The maximum atomic E-state index is 11.4. The van der Waals surface area contributed by atoms with Gasteiger partial charge >= 0.3 is 10.6 Å². The monoisotopic (exact) mass is 334 g/mol. The van der Waals surface area contributed by atoms with Gasteiger partial charge in [-0.15, -0.1) is 0 Å². The third-order valence-electron chi connectivity index (χ3n) is 3.28. The van der Waals surface area contributed by atoms with Crippen LogP contribution in [0.2, 0.25) is 0 Å². The lowest BCUT2D eigenvalue weighted by molar-refractivity contribution is 0.0283. The van der Waals surface area contributed by atoms with E-state index < -0.39 is 12.2 Å². The number of carbonyl (C=O) groups is 2. The summed E-state index contributed by atoms with van der Waals surface area (Å²) < 4.78 is 21.7. The number of ether oxygens (including phenoxy) is 4. The van der Waals surface area contributed by atoms with Crippen molar-refractivity contribution in [2.75, 3.05) is 19.3 Å². The Bertz CT molecular complexity index is 377. The van der Waals surface area contributed by atoms with Gasteiger partial charge < -0.3 is 18.9 Å². The van der Waals surface area contributed by atoms with Gasteiger partial charge in [0.1, 0.15) is 19.0 Å². The molecule has 0 aromatic rings. The van der Waals surface area contributed by atoms with E-state index in [1.165, 1.54) is 0 Å². The normalized spacial score (nSPS) is 33.4. The quantitative estimate of drug-likeness (QED) is 0.564. The average molecular weight is 334 g/mol. The van der Waals surface area contributed by atoms with Gasteiger partial charge in [0.2, 0.25) is 0 Å². The van der Waals surface area contributed by atoms with E-state index in [9.17, 15) is 9.59 Å². The summed E-state index contributed by atoms with van der Waals surface area (Å²) in [4.78, 5) is 22.8. The summed E-state index contributed by atoms with van der Waals surface area (Å²) in [6.07, 6.45) is 6.77. The molecular weight excluding hydrogens is 316 g/mol. The first-order chi connectivity index (χ1) is 10.1. The van der Waals surface area contributed by atoms with E-state index in [1.54, 1.807) is 24.7 Å². The molecule has 1 fully saturated rings. The van der Waals surface area contributed by atoms with E-state index >= 15 is 0 Å². The maximum Gasteiger partial charge on any atom is 0.367 e. The first-order valence-corrected chi connectivity index (χ1v) is 8.98. The van der Waals surface area contributed by atoms with E-state index in [0.29, 0.717) is 12.8 Å². The van der Waals surface area contributed by atoms with E-state index in [4.69, 9.17) is 18.9 Å². The third-order valence-corrected chi connectivity index (χ3v) is 4.14. The Balaban J connectivity index is 2.07. The van der Waals surface area contributed by atoms with Crippen LogP contribution in [0, 0.1) is 0 Å². The van der Waals surface area contributed by atoms with Crippen molar-refractivity contribution in [1.82, 2.24) is 0 Å². The topological polar surface area (TPSA) is 71.1 Å². The van der Waals surface area contributed by atoms with Gasteiger partial charge in [0, 0.05) is 12.8 Å². The Morgan fingerprint density at radius 1 is 0.952 bits per heavy atom. The van der Waals surface area contributed by atoms with Crippen molar-refractivity contribution in [2.45, 2.75) is 37.3 Å². The molecule has 1 aliphatic heterocycles. The van der Waals surface area contributed by atoms with Gasteiger partial charge in [-0.2, -0.15) is 0 Å². The van der Waals surface area contributed by atoms with Crippen molar-refractivity contribution in [3.05, 3.63) is 12.2 Å². The fourth-order valence-electron chi connectivity index (χ4n) is 2.25. The van der Waals surface area contributed by atoms with E-state index in [2.05, 4.69) is 0 Å². The second-order valence-corrected chi connectivity index (χ2v) is 6.09. The van der Waals surface area contributed by atoms with Crippen molar-refractivity contribution < 1.29 is 28.5 Å². The Hall–Kier alpha value is -0.700. The molecule has 0 saturated carbocycles. The molecule has 1 aliphatic carbocycles. The molecule has 21 heavy (non-hydrogen) atoms. The molecule has 0 N–H and O–H groups in total. The van der Waals surface area contributed by atoms with Crippen LogP contribution in [0.25, 0.3) is 0 Å². The Morgan fingerprint density at radius 3 is 1.76 bits per heavy atom. The molecule has 0 aromatic heterocycles.